The van der Waals surface area contributed by atoms with Gasteiger partial charge in [0.25, 0.3) is 0 Å². The Balaban J connectivity index is 3.48. The van der Waals surface area contributed by atoms with Gasteiger partial charge >= 0.3 is 0 Å². The molecule has 0 bridgehead atoms. The van der Waals surface area contributed by atoms with E-state index in [4.69, 9.17) is 14.6 Å². The predicted octanol–water partition coefficient (Wildman–Crippen LogP) is 2.32. The zero-order chi connectivity index (χ0) is 11.6. The Hall–Kier alpha value is -0.626. The van der Waals surface area contributed by atoms with Gasteiger partial charge in [0.1, 0.15) is 9.76 Å². The van der Waals surface area contributed by atoms with Crippen molar-refractivity contribution in [3.63, 3.8) is 0 Å². The molecule has 0 aliphatic carbocycles. The second-order valence-electron chi connectivity index (χ2n) is 4.24. The van der Waals surface area contributed by atoms with E-state index in [0.717, 1.165) is 24.9 Å². The van der Waals surface area contributed by atoms with E-state index >= 15 is 0 Å². The van der Waals surface area contributed by atoms with Crippen molar-refractivity contribution in [3.05, 3.63) is 0 Å². The van der Waals surface area contributed by atoms with Gasteiger partial charge < -0.3 is 4.12 Å². The molecule has 0 saturated heterocycles. The molecular formula is C10H20N2OSi2. The number of nitriles is 2. The lowest BCUT2D eigenvalue weighted by Crippen LogP contribution is -2.31. The first-order chi connectivity index (χ1) is 7.12. The van der Waals surface area contributed by atoms with E-state index in [1.54, 1.807) is 0 Å². The fraction of sp³-hybridized carbons (Fsp3) is 0.800. The lowest BCUT2D eigenvalue weighted by Gasteiger charge is -2.22. The molecule has 0 heterocycles. The second kappa shape index (κ2) is 8.66. The normalized spacial score (nSPS) is 11.5. The van der Waals surface area contributed by atoms with Gasteiger partial charge in [0.2, 0.25) is 0 Å². The lowest BCUT2D eigenvalue weighted by molar-refractivity contribution is 0.575. The van der Waals surface area contributed by atoms with E-state index < -0.39 is 18.1 Å². The lowest BCUT2D eigenvalue weighted by atomic mass is 10.4. The fourth-order valence-electron chi connectivity index (χ4n) is 1.32. The van der Waals surface area contributed by atoms with Crippen LogP contribution < -0.4 is 0 Å². The zero-order valence-corrected chi connectivity index (χ0v) is 12.2. The summed E-state index contributed by atoms with van der Waals surface area (Å²) in [6.07, 6.45) is 3.27. The summed E-state index contributed by atoms with van der Waals surface area (Å²) >= 11 is 0. The zero-order valence-electron chi connectivity index (χ0n) is 9.75. The summed E-state index contributed by atoms with van der Waals surface area (Å²) in [6, 6.07) is 6.52. The van der Waals surface area contributed by atoms with Crippen molar-refractivity contribution >= 4 is 18.1 Å². The quantitative estimate of drug-likeness (QED) is 0.483. The van der Waals surface area contributed by atoms with Crippen LogP contribution in [0.25, 0.3) is 0 Å². The topological polar surface area (TPSA) is 56.8 Å². The molecule has 0 radical (unpaired) electrons. The van der Waals surface area contributed by atoms with Crippen LogP contribution >= 0.6 is 0 Å². The van der Waals surface area contributed by atoms with E-state index in [1.165, 1.54) is 0 Å². The Morgan fingerprint density at radius 1 is 1.13 bits per heavy atom. The minimum absolute atomic E-state index is 0.420. The van der Waals surface area contributed by atoms with Gasteiger partial charge in [-0.05, 0) is 38.0 Å². The molecule has 0 unspecified atom stereocenters. The maximum atomic E-state index is 8.44. The molecule has 0 aliphatic rings. The van der Waals surface area contributed by atoms with Crippen LogP contribution in [0.5, 0.6) is 0 Å². The Kier molecular flexibility index (Phi) is 8.30. The first-order valence-electron chi connectivity index (χ1n) is 5.50. The monoisotopic (exact) mass is 240 g/mol. The Morgan fingerprint density at radius 2 is 1.73 bits per heavy atom. The van der Waals surface area contributed by atoms with Gasteiger partial charge in [0, 0.05) is 12.8 Å². The maximum Gasteiger partial charge on any atom is 0.173 e. The highest BCUT2D eigenvalue weighted by atomic mass is 28.4. The molecule has 0 aromatic carbocycles. The smallest absolute Gasteiger partial charge is 0.173 e. The summed E-state index contributed by atoms with van der Waals surface area (Å²) < 4.78 is 5.98. The van der Waals surface area contributed by atoms with Crippen molar-refractivity contribution in [1.82, 2.24) is 0 Å². The first-order valence-corrected chi connectivity index (χ1v) is 10.2. The third kappa shape index (κ3) is 9.67. The number of hydrogen-bond acceptors (Lipinski definition) is 3. The molecule has 0 atom stereocenters. The average molecular weight is 240 g/mol. The average Bonchev–Trinajstić information content (AvgIpc) is 2.17. The molecule has 0 saturated carbocycles. The van der Waals surface area contributed by atoms with Gasteiger partial charge in [0.15, 0.2) is 8.32 Å². The molecule has 0 aromatic heterocycles. The number of nitrogens with zero attached hydrogens (tertiary/aromatic N) is 2. The van der Waals surface area contributed by atoms with Crippen LogP contribution in [0.1, 0.15) is 25.7 Å². The first kappa shape index (κ1) is 14.4. The molecule has 0 amide bonds. The fourth-order valence-corrected chi connectivity index (χ4v) is 6.17. The van der Waals surface area contributed by atoms with E-state index in [9.17, 15) is 0 Å². The predicted molar refractivity (Wildman–Crippen MR) is 66.4 cm³/mol. The summed E-state index contributed by atoms with van der Waals surface area (Å²) in [7, 11) is -1.89. The third-order valence-electron chi connectivity index (χ3n) is 2.24. The molecule has 0 fully saturated rings. The van der Waals surface area contributed by atoms with Crippen LogP contribution in [0.4, 0.5) is 0 Å². The van der Waals surface area contributed by atoms with Crippen molar-refractivity contribution in [1.29, 1.82) is 10.5 Å². The van der Waals surface area contributed by atoms with Gasteiger partial charge in [-0.2, -0.15) is 10.5 Å². The van der Waals surface area contributed by atoms with Gasteiger partial charge in [0.05, 0.1) is 12.1 Å². The molecule has 0 N–H and O–H groups in total. The number of unbranched alkanes of at least 4 members (excludes halogenated alkanes) is 2. The van der Waals surface area contributed by atoms with Crippen LogP contribution in [-0.4, -0.2) is 18.1 Å². The minimum Gasteiger partial charge on any atom is -0.460 e. The van der Waals surface area contributed by atoms with E-state index in [1.807, 2.05) is 0 Å². The molecule has 0 aromatic rings. The number of hydrogen-bond donors (Lipinski definition) is 0. The molecule has 5 heteroatoms. The van der Waals surface area contributed by atoms with Crippen molar-refractivity contribution in [2.75, 3.05) is 0 Å². The highest BCUT2D eigenvalue weighted by Crippen LogP contribution is 2.15. The van der Waals surface area contributed by atoms with Crippen LogP contribution in [0.15, 0.2) is 0 Å². The molecule has 0 aliphatic heterocycles. The van der Waals surface area contributed by atoms with E-state index in [-0.39, 0.29) is 0 Å². The Labute approximate surface area is 96.1 Å². The van der Waals surface area contributed by atoms with Crippen molar-refractivity contribution in [3.8, 4) is 12.1 Å². The van der Waals surface area contributed by atoms with Gasteiger partial charge in [-0.3, -0.25) is 0 Å². The molecule has 0 spiro atoms. The van der Waals surface area contributed by atoms with Crippen molar-refractivity contribution in [2.24, 2.45) is 0 Å². The molecule has 0 rings (SSSR count). The molecule has 84 valence electrons. The van der Waals surface area contributed by atoms with Crippen molar-refractivity contribution in [2.45, 2.75) is 50.9 Å². The summed E-state index contributed by atoms with van der Waals surface area (Å²) in [5.41, 5.74) is 0. The highest BCUT2D eigenvalue weighted by Gasteiger charge is 2.20. The summed E-state index contributed by atoms with van der Waals surface area (Å²) in [5.74, 6) is 0. The summed E-state index contributed by atoms with van der Waals surface area (Å²) in [5, 5.41) is 16.8. The van der Waals surface area contributed by atoms with Gasteiger partial charge in [-0.1, -0.05) is 0 Å². The Bertz CT molecular complexity index is 243. The standard InChI is InChI=1S/C10H20N2OSi2/c1-15(2,10-6-4-8-12)13-14-9-5-3-7-11/h3-6,9-10,14H2,1-2H3. The van der Waals surface area contributed by atoms with Gasteiger partial charge in [-0.25, -0.2) is 0 Å². The Morgan fingerprint density at radius 3 is 2.33 bits per heavy atom. The van der Waals surface area contributed by atoms with Crippen molar-refractivity contribution < 1.29 is 4.12 Å². The SMILES string of the molecule is C[Si](C)(CCCC#N)O[SiH2]CCCC#N. The number of rotatable bonds is 8. The molecule has 15 heavy (non-hydrogen) atoms. The summed E-state index contributed by atoms with van der Waals surface area (Å²) in [6.45, 7) is 4.45. The maximum absolute atomic E-state index is 8.44. The van der Waals surface area contributed by atoms with Crippen LogP contribution in [-0.2, 0) is 4.12 Å². The summed E-state index contributed by atoms with van der Waals surface area (Å²) in [4.78, 5) is 0. The van der Waals surface area contributed by atoms with E-state index in [0.29, 0.717) is 12.8 Å². The van der Waals surface area contributed by atoms with E-state index in [2.05, 4.69) is 25.2 Å². The van der Waals surface area contributed by atoms with Gasteiger partial charge in [-0.15, -0.1) is 0 Å². The largest absolute Gasteiger partial charge is 0.460 e. The van der Waals surface area contributed by atoms with Crippen LogP contribution in [0.3, 0.4) is 0 Å². The third-order valence-corrected chi connectivity index (χ3v) is 8.53. The van der Waals surface area contributed by atoms with Crippen LogP contribution in [0.2, 0.25) is 25.2 Å². The molecular weight excluding hydrogens is 220 g/mol. The van der Waals surface area contributed by atoms with Crippen LogP contribution in [0, 0.1) is 22.7 Å². The second-order valence-corrected chi connectivity index (χ2v) is 10.5. The minimum atomic E-state index is -1.47. The highest BCUT2D eigenvalue weighted by molar-refractivity contribution is 6.75. The molecule has 3 nitrogen and oxygen atoms in total.